The summed E-state index contributed by atoms with van der Waals surface area (Å²) in [5.74, 6) is 1.76. The number of guanidine groups is 1. The number of nitrogens with zero attached hydrogens (tertiary/aromatic N) is 2. The molecule has 0 unspecified atom stereocenters. The Balaban J connectivity index is 1.47. The standard InChI is InChI=1S/C16H20N4O/c1-5-13-6-2-8-17-15(13)14(7-1)21-12-4-11-20-16-18-9-3-10-19-16/h1-2,5-8H,3-4,9-12H2,(H2,18,19,20). The minimum Gasteiger partial charge on any atom is -0.491 e. The molecule has 1 aromatic carbocycles. The van der Waals surface area contributed by atoms with Gasteiger partial charge < -0.3 is 15.4 Å². The summed E-state index contributed by atoms with van der Waals surface area (Å²) in [7, 11) is 0. The van der Waals surface area contributed by atoms with Gasteiger partial charge in [0.05, 0.1) is 6.61 Å². The number of aliphatic imine (C=N–C) groups is 1. The van der Waals surface area contributed by atoms with Crippen LogP contribution in [0.4, 0.5) is 0 Å². The lowest BCUT2D eigenvalue weighted by Gasteiger charge is -2.16. The van der Waals surface area contributed by atoms with E-state index in [9.17, 15) is 0 Å². The van der Waals surface area contributed by atoms with Crippen LogP contribution >= 0.6 is 0 Å². The van der Waals surface area contributed by atoms with Crippen LogP contribution < -0.4 is 15.4 Å². The van der Waals surface area contributed by atoms with E-state index in [-0.39, 0.29) is 0 Å². The maximum Gasteiger partial charge on any atom is 0.191 e. The van der Waals surface area contributed by atoms with E-state index in [4.69, 9.17) is 4.74 Å². The van der Waals surface area contributed by atoms with Crippen molar-refractivity contribution in [3.8, 4) is 5.75 Å². The molecule has 1 aliphatic heterocycles. The van der Waals surface area contributed by atoms with Crippen LogP contribution in [0.5, 0.6) is 5.75 Å². The van der Waals surface area contributed by atoms with Gasteiger partial charge in [0, 0.05) is 31.2 Å². The fourth-order valence-electron chi connectivity index (χ4n) is 2.30. The van der Waals surface area contributed by atoms with Crippen molar-refractivity contribution >= 4 is 16.9 Å². The van der Waals surface area contributed by atoms with Gasteiger partial charge in [-0.3, -0.25) is 9.98 Å². The molecule has 0 bridgehead atoms. The zero-order chi connectivity index (χ0) is 14.3. The Bertz CT molecular complexity index is 621. The Morgan fingerprint density at radius 3 is 3.10 bits per heavy atom. The van der Waals surface area contributed by atoms with Crippen molar-refractivity contribution < 1.29 is 4.74 Å². The van der Waals surface area contributed by atoms with Gasteiger partial charge in [-0.1, -0.05) is 18.2 Å². The molecule has 0 amide bonds. The molecule has 2 aromatic rings. The van der Waals surface area contributed by atoms with Crippen LogP contribution in [0, 0.1) is 0 Å². The third-order valence-electron chi connectivity index (χ3n) is 3.36. The first-order chi connectivity index (χ1) is 10.4. The second kappa shape index (κ2) is 6.92. The lowest BCUT2D eigenvalue weighted by molar-refractivity contribution is 0.314. The van der Waals surface area contributed by atoms with Crippen molar-refractivity contribution in [3.63, 3.8) is 0 Å². The number of ether oxygens (including phenoxy) is 1. The maximum atomic E-state index is 5.85. The molecule has 21 heavy (non-hydrogen) atoms. The van der Waals surface area contributed by atoms with Crippen molar-refractivity contribution in [1.82, 2.24) is 15.6 Å². The molecule has 1 aromatic heterocycles. The number of hydrogen-bond donors (Lipinski definition) is 2. The van der Waals surface area contributed by atoms with Crippen molar-refractivity contribution in [3.05, 3.63) is 36.5 Å². The summed E-state index contributed by atoms with van der Waals surface area (Å²) in [5.41, 5.74) is 0.922. The minimum absolute atomic E-state index is 0.663. The van der Waals surface area contributed by atoms with Gasteiger partial charge in [-0.15, -0.1) is 0 Å². The van der Waals surface area contributed by atoms with Gasteiger partial charge in [0.25, 0.3) is 0 Å². The number of rotatable bonds is 5. The summed E-state index contributed by atoms with van der Waals surface area (Å²) in [4.78, 5) is 8.75. The lowest BCUT2D eigenvalue weighted by atomic mass is 10.2. The van der Waals surface area contributed by atoms with Crippen LogP contribution in [0.2, 0.25) is 0 Å². The molecule has 2 N–H and O–H groups in total. The minimum atomic E-state index is 0.663. The molecule has 110 valence electrons. The largest absolute Gasteiger partial charge is 0.491 e. The summed E-state index contributed by atoms with van der Waals surface area (Å²) >= 11 is 0. The molecule has 0 fully saturated rings. The smallest absolute Gasteiger partial charge is 0.191 e. The highest BCUT2D eigenvalue weighted by Crippen LogP contribution is 2.22. The van der Waals surface area contributed by atoms with Gasteiger partial charge in [0.2, 0.25) is 0 Å². The molecule has 0 aliphatic carbocycles. The highest BCUT2D eigenvalue weighted by molar-refractivity contribution is 5.84. The number of nitrogens with one attached hydrogen (secondary N) is 2. The monoisotopic (exact) mass is 284 g/mol. The average molecular weight is 284 g/mol. The van der Waals surface area contributed by atoms with Crippen LogP contribution in [-0.4, -0.2) is 37.2 Å². The van der Waals surface area contributed by atoms with Crippen LogP contribution in [-0.2, 0) is 0 Å². The maximum absolute atomic E-state index is 5.85. The number of pyridine rings is 1. The number of fused-ring (bicyclic) bond motifs is 1. The van der Waals surface area contributed by atoms with Crippen LogP contribution in [0.15, 0.2) is 41.5 Å². The van der Waals surface area contributed by atoms with E-state index in [0.29, 0.717) is 6.61 Å². The van der Waals surface area contributed by atoms with Crippen molar-refractivity contribution in [1.29, 1.82) is 0 Å². The normalized spacial score (nSPS) is 14.4. The first kappa shape index (κ1) is 13.7. The Kier molecular flexibility index (Phi) is 4.51. The van der Waals surface area contributed by atoms with Gasteiger partial charge in [0.1, 0.15) is 11.3 Å². The zero-order valence-corrected chi connectivity index (χ0v) is 12.0. The summed E-state index contributed by atoms with van der Waals surface area (Å²) in [6.45, 7) is 3.43. The molecular weight excluding hydrogens is 264 g/mol. The average Bonchev–Trinajstić information content (AvgIpc) is 2.56. The molecular formula is C16H20N4O. The van der Waals surface area contributed by atoms with Crippen LogP contribution in [0.1, 0.15) is 12.8 Å². The van der Waals surface area contributed by atoms with Crippen LogP contribution in [0.3, 0.4) is 0 Å². The Hall–Kier alpha value is -2.30. The van der Waals surface area contributed by atoms with Crippen molar-refractivity contribution in [2.24, 2.45) is 4.99 Å². The predicted octanol–water partition coefficient (Wildman–Crippen LogP) is 1.94. The van der Waals surface area contributed by atoms with Gasteiger partial charge in [-0.2, -0.15) is 0 Å². The molecule has 2 heterocycles. The van der Waals surface area contributed by atoms with Gasteiger partial charge >= 0.3 is 0 Å². The van der Waals surface area contributed by atoms with Crippen LogP contribution in [0.25, 0.3) is 10.9 Å². The van der Waals surface area contributed by atoms with Gasteiger partial charge in [-0.05, 0) is 25.0 Å². The molecule has 5 heteroatoms. The molecule has 5 nitrogen and oxygen atoms in total. The summed E-state index contributed by atoms with van der Waals surface area (Å²) in [6, 6.07) is 10.00. The zero-order valence-electron chi connectivity index (χ0n) is 12.0. The molecule has 0 atom stereocenters. The molecule has 0 saturated heterocycles. The van der Waals surface area contributed by atoms with Crippen molar-refractivity contribution in [2.75, 3.05) is 26.2 Å². The van der Waals surface area contributed by atoms with E-state index in [1.165, 1.54) is 0 Å². The first-order valence-corrected chi connectivity index (χ1v) is 7.42. The lowest BCUT2D eigenvalue weighted by Crippen LogP contribution is -2.41. The topological polar surface area (TPSA) is 58.5 Å². The fraction of sp³-hybridized carbons (Fsp3) is 0.375. The van der Waals surface area contributed by atoms with Crippen molar-refractivity contribution in [2.45, 2.75) is 12.8 Å². The SMILES string of the molecule is c1cnc2c(OCCCNC3=NCCCN3)cccc2c1. The van der Waals surface area contributed by atoms with E-state index >= 15 is 0 Å². The molecule has 3 rings (SSSR count). The molecule has 0 spiro atoms. The van der Waals surface area contributed by atoms with E-state index in [0.717, 1.165) is 55.1 Å². The summed E-state index contributed by atoms with van der Waals surface area (Å²) in [6.07, 6.45) is 3.83. The summed E-state index contributed by atoms with van der Waals surface area (Å²) < 4.78 is 5.85. The van der Waals surface area contributed by atoms with Gasteiger partial charge in [0.15, 0.2) is 5.96 Å². The number of aromatic nitrogens is 1. The van der Waals surface area contributed by atoms with E-state index in [1.54, 1.807) is 6.20 Å². The van der Waals surface area contributed by atoms with E-state index in [1.807, 2.05) is 30.3 Å². The number of para-hydroxylation sites is 1. The van der Waals surface area contributed by atoms with Gasteiger partial charge in [-0.25, -0.2) is 0 Å². The second-order valence-electron chi connectivity index (χ2n) is 4.97. The molecule has 1 aliphatic rings. The third-order valence-corrected chi connectivity index (χ3v) is 3.36. The second-order valence-corrected chi connectivity index (χ2v) is 4.97. The Morgan fingerprint density at radius 2 is 2.19 bits per heavy atom. The summed E-state index contributed by atoms with van der Waals surface area (Å²) in [5, 5.41) is 7.63. The quantitative estimate of drug-likeness (QED) is 0.824. The number of hydrogen-bond acceptors (Lipinski definition) is 5. The van der Waals surface area contributed by atoms with E-state index < -0.39 is 0 Å². The fourth-order valence-corrected chi connectivity index (χ4v) is 2.30. The highest BCUT2D eigenvalue weighted by Gasteiger charge is 2.04. The molecule has 0 saturated carbocycles. The van der Waals surface area contributed by atoms with E-state index in [2.05, 4.69) is 20.6 Å². The third kappa shape index (κ3) is 3.62. The predicted molar refractivity (Wildman–Crippen MR) is 84.8 cm³/mol. The number of benzene rings is 1. The highest BCUT2D eigenvalue weighted by atomic mass is 16.5. The molecule has 0 radical (unpaired) electrons. The Labute approximate surface area is 124 Å². The first-order valence-electron chi connectivity index (χ1n) is 7.42. The Morgan fingerprint density at radius 1 is 1.24 bits per heavy atom.